The van der Waals surface area contributed by atoms with Crippen LogP contribution in [0.4, 0.5) is 0 Å². The van der Waals surface area contributed by atoms with Crippen LogP contribution >= 0.6 is 0 Å². The quantitative estimate of drug-likeness (QED) is 0.819. The van der Waals surface area contributed by atoms with Crippen molar-refractivity contribution in [1.29, 1.82) is 0 Å². The first-order valence-corrected chi connectivity index (χ1v) is 5.89. The molecule has 17 heavy (non-hydrogen) atoms. The second-order valence-corrected chi connectivity index (χ2v) is 4.42. The Morgan fingerprint density at radius 2 is 2.18 bits per heavy atom. The third-order valence-electron chi connectivity index (χ3n) is 2.69. The fraction of sp³-hybridized carbons (Fsp3) is 0.667. The largest absolute Gasteiger partial charge is 0.394 e. The van der Waals surface area contributed by atoms with Gasteiger partial charge in [-0.05, 0) is 13.3 Å². The van der Waals surface area contributed by atoms with Crippen LogP contribution in [0.1, 0.15) is 54.9 Å². The summed E-state index contributed by atoms with van der Waals surface area (Å²) in [4.78, 5) is 12.1. The molecule has 5 heteroatoms. The summed E-state index contributed by atoms with van der Waals surface area (Å²) in [6.45, 7) is 7.47. The van der Waals surface area contributed by atoms with Crippen molar-refractivity contribution in [3.63, 3.8) is 0 Å². The van der Waals surface area contributed by atoms with E-state index in [0.717, 1.165) is 0 Å². The Bertz CT molecular complexity index is 381. The molecule has 1 amide bonds. The third-order valence-corrected chi connectivity index (χ3v) is 2.69. The second kappa shape index (κ2) is 5.82. The molecule has 1 unspecified atom stereocenters. The SMILES string of the molecule is CCC(CO)NC(=O)c1c(C)noc1C(C)C. The van der Waals surface area contributed by atoms with Gasteiger partial charge in [0.05, 0.1) is 18.3 Å². The van der Waals surface area contributed by atoms with Crippen molar-refractivity contribution >= 4 is 5.91 Å². The molecule has 1 aromatic heterocycles. The number of hydrogen-bond acceptors (Lipinski definition) is 4. The van der Waals surface area contributed by atoms with E-state index in [2.05, 4.69) is 10.5 Å². The van der Waals surface area contributed by atoms with Crippen molar-refractivity contribution in [2.75, 3.05) is 6.61 Å². The molecule has 1 heterocycles. The molecule has 0 bridgehead atoms. The first kappa shape index (κ1) is 13.7. The Hall–Kier alpha value is -1.36. The predicted molar refractivity (Wildman–Crippen MR) is 64.0 cm³/mol. The number of hydrogen-bond donors (Lipinski definition) is 2. The summed E-state index contributed by atoms with van der Waals surface area (Å²) < 4.78 is 5.15. The van der Waals surface area contributed by atoms with Gasteiger partial charge >= 0.3 is 0 Å². The molecular formula is C12H20N2O3. The van der Waals surface area contributed by atoms with Crippen LogP contribution < -0.4 is 5.32 Å². The molecule has 0 aliphatic rings. The Labute approximate surface area is 101 Å². The molecule has 1 rings (SSSR count). The van der Waals surface area contributed by atoms with Gasteiger partial charge < -0.3 is 14.9 Å². The molecule has 0 spiro atoms. The maximum Gasteiger partial charge on any atom is 0.257 e. The number of aryl methyl sites for hydroxylation is 1. The summed E-state index contributed by atoms with van der Waals surface area (Å²) in [6.07, 6.45) is 0.684. The minimum Gasteiger partial charge on any atom is -0.394 e. The zero-order valence-electron chi connectivity index (χ0n) is 10.8. The monoisotopic (exact) mass is 240 g/mol. The van der Waals surface area contributed by atoms with Gasteiger partial charge in [-0.1, -0.05) is 25.9 Å². The average molecular weight is 240 g/mol. The minimum atomic E-state index is -0.228. The Balaban J connectivity index is 2.91. The van der Waals surface area contributed by atoms with Crippen LogP contribution in [0.3, 0.4) is 0 Å². The molecular weight excluding hydrogens is 220 g/mol. The van der Waals surface area contributed by atoms with Crippen LogP contribution in [-0.4, -0.2) is 28.8 Å². The Morgan fingerprint density at radius 1 is 1.53 bits per heavy atom. The average Bonchev–Trinajstić information content (AvgIpc) is 2.67. The fourth-order valence-corrected chi connectivity index (χ4v) is 1.59. The van der Waals surface area contributed by atoms with E-state index in [1.54, 1.807) is 6.92 Å². The Kier molecular flexibility index (Phi) is 4.69. The number of aliphatic hydroxyl groups excluding tert-OH is 1. The maximum atomic E-state index is 12.1. The van der Waals surface area contributed by atoms with Gasteiger partial charge in [-0.15, -0.1) is 0 Å². The highest BCUT2D eigenvalue weighted by molar-refractivity contribution is 5.96. The Morgan fingerprint density at radius 3 is 2.65 bits per heavy atom. The lowest BCUT2D eigenvalue weighted by atomic mass is 10.0. The molecule has 1 aromatic rings. The van der Waals surface area contributed by atoms with E-state index >= 15 is 0 Å². The van der Waals surface area contributed by atoms with E-state index in [4.69, 9.17) is 9.63 Å². The molecule has 96 valence electrons. The highest BCUT2D eigenvalue weighted by Crippen LogP contribution is 2.22. The van der Waals surface area contributed by atoms with Crippen molar-refractivity contribution in [2.45, 2.75) is 46.1 Å². The summed E-state index contributed by atoms with van der Waals surface area (Å²) in [5.74, 6) is 0.465. The number of aromatic nitrogens is 1. The number of rotatable bonds is 5. The molecule has 0 saturated heterocycles. The highest BCUT2D eigenvalue weighted by Gasteiger charge is 2.23. The van der Waals surface area contributed by atoms with E-state index in [0.29, 0.717) is 23.4 Å². The van der Waals surface area contributed by atoms with E-state index in [-0.39, 0.29) is 24.5 Å². The molecule has 0 fully saturated rings. The van der Waals surface area contributed by atoms with Gasteiger partial charge in [-0.25, -0.2) is 0 Å². The lowest BCUT2D eigenvalue weighted by molar-refractivity contribution is 0.0912. The zero-order valence-corrected chi connectivity index (χ0v) is 10.8. The smallest absolute Gasteiger partial charge is 0.257 e. The van der Waals surface area contributed by atoms with Crippen LogP contribution in [0.15, 0.2) is 4.52 Å². The molecule has 0 aromatic carbocycles. The van der Waals surface area contributed by atoms with Gasteiger partial charge in [0.25, 0.3) is 5.91 Å². The minimum absolute atomic E-state index is 0.0659. The van der Waals surface area contributed by atoms with E-state index < -0.39 is 0 Å². The van der Waals surface area contributed by atoms with E-state index in [1.807, 2.05) is 20.8 Å². The van der Waals surface area contributed by atoms with E-state index in [9.17, 15) is 4.79 Å². The normalized spacial score (nSPS) is 12.8. The van der Waals surface area contributed by atoms with E-state index in [1.165, 1.54) is 0 Å². The van der Waals surface area contributed by atoms with Gasteiger partial charge in [0, 0.05) is 5.92 Å². The molecule has 0 aliphatic heterocycles. The van der Waals surface area contributed by atoms with Gasteiger partial charge in [-0.2, -0.15) is 0 Å². The molecule has 5 nitrogen and oxygen atoms in total. The van der Waals surface area contributed by atoms with Crippen LogP contribution in [0.5, 0.6) is 0 Å². The molecule has 0 aliphatic carbocycles. The summed E-state index contributed by atoms with van der Waals surface area (Å²) in [5, 5.41) is 15.7. The van der Waals surface area contributed by atoms with Crippen LogP contribution in [0, 0.1) is 6.92 Å². The zero-order chi connectivity index (χ0) is 13.0. The number of nitrogens with zero attached hydrogens (tertiary/aromatic N) is 1. The second-order valence-electron chi connectivity index (χ2n) is 4.42. The predicted octanol–water partition coefficient (Wildman–Crippen LogP) is 1.61. The molecule has 2 N–H and O–H groups in total. The number of carbonyl (C=O) groups is 1. The van der Waals surface area contributed by atoms with Crippen molar-refractivity contribution in [3.05, 3.63) is 17.0 Å². The van der Waals surface area contributed by atoms with Gasteiger partial charge in [-0.3, -0.25) is 4.79 Å². The summed E-state index contributed by atoms with van der Waals surface area (Å²) >= 11 is 0. The standard InChI is InChI=1S/C12H20N2O3/c1-5-9(6-15)13-12(16)10-8(4)14-17-11(10)7(2)3/h7,9,15H,5-6H2,1-4H3,(H,13,16). The molecule has 0 saturated carbocycles. The van der Waals surface area contributed by atoms with Gasteiger partial charge in [0.15, 0.2) is 5.76 Å². The van der Waals surface area contributed by atoms with Crippen molar-refractivity contribution in [1.82, 2.24) is 10.5 Å². The number of nitrogens with one attached hydrogen (secondary N) is 1. The fourth-order valence-electron chi connectivity index (χ4n) is 1.59. The number of amides is 1. The first-order valence-electron chi connectivity index (χ1n) is 5.89. The number of carbonyl (C=O) groups excluding carboxylic acids is 1. The third kappa shape index (κ3) is 3.06. The maximum absolute atomic E-state index is 12.1. The highest BCUT2D eigenvalue weighted by atomic mass is 16.5. The van der Waals surface area contributed by atoms with Crippen molar-refractivity contribution in [2.24, 2.45) is 0 Å². The summed E-state index contributed by atoms with van der Waals surface area (Å²) in [6, 6.07) is -0.225. The lowest BCUT2D eigenvalue weighted by Gasteiger charge is -2.14. The summed E-state index contributed by atoms with van der Waals surface area (Å²) in [5.41, 5.74) is 1.07. The van der Waals surface area contributed by atoms with Crippen LogP contribution in [-0.2, 0) is 0 Å². The van der Waals surface area contributed by atoms with Crippen LogP contribution in [0.25, 0.3) is 0 Å². The van der Waals surface area contributed by atoms with Crippen molar-refractivity contribution < 1.29 is 14.4 Å². The molecule has 0 radical (unpaired) electrons. The topological polar surface area (TPSA) is 75.4 Å². The van der Waals surface area contributed by atoms with Gasteiger partial charge in [0.1, 0.15) is 5.56 Å². The lowest BCUT2D eigenvalue weighted by Crippen LogP contribution is -2.37. The first-order chi connectivity index (χ1) is 8.01. The van der Waals surface area contributed by atoms with Crippen molar-refractivity contribution in [3.8, 4) is 0 Å². The molecule has 1 atom stereocenters. The van der Waals surface area contributed by atoms with Crippen LogP contribution in [0.2, 0.25) is 0 Å². The summed E-state index contributed by atoms with van der Waals surface area (Å²) in [7, 11) is 0. The van der Waals surface area contributed by atoms with Gasteiger partial charge in [0.2, 0.25) is 0 Å². The number of aliphatic hydroxyl groups is 1.